The van der Waals surface area contributed by atoms with Gasteiger partial charge in [-0.05, 0) is 24.3 Å². The Bertz CT molecular complexity index is 934. The molecule has 0 spiro atoms. The maximum Gasteiger partial charge on any atom is 0.231 e. The van der Waals surface area contributed by atoms with Gasteiger partial charge in [0, 0.05) is 43.9 Å². The lowest BCUT2D eigenvalue weighted by Gasteiger charge is -2.17. The summed E-state index contributed by atoms with van der Waals surface area (Å²) in [6.45, 7) is 0.637. The van der Waals surface area contributed by atoms with Crippen LogP contribution in [0.2, 0.25) is 0 Å². The zero-order valence-electron chi connectivity index (χ0n) is 15.6. The number of anilines is 2. The molecule has 1 fully saturated rings. The quantitative estimate of drug-likeness (QED) is 0.762. The second kappa shape index (κ2) is 8.17. The number of nitrogens with zero attached hydrogens (tertiary/aromatic N) is 2. The second-order valence-corrected chi connectivity index (χ2v) is 6.77. The summed E-state index contributed by atoms with van der Waals surface area (Å²) in [5.41, 5.74) is 1.27. The molecule has 3 amide bonds. The Morgan fingerprint density at radius 1 is 1.21 bits per heavy atom. The van der Waals surface area contributed by atoms with Crippen LogP contribution < -0.4 is 25.0 Å². The van der Waals surface area contributed by atoms with Crippen molar-refractivity contribution in [3.05, 3.63) is 42.7 Å². The van der Waals surface area contributed by atoms with Gasteiger partial charge in [0.1, 0.15) is 0 Å². The molecular weight excluding hydrogens is 376 g/mol. The van der Waals surface area contributed by atoms with Crippen LogP contribution in [0.3, 0.4) is 0 Å². The number of hydrogen-bond acceptors (Lipinski definition) is 6. The minimum absolute atomic E-state index is 0.127. The molecule has 2 aliphatic rings. The number of carbonyl (C=O) groups excluding carboxylic acids is 3. The number of benzene rings is 1. The number of fused-ring (bicyclic) bond motifs is 1. The zero-order valence-corrected chi connectivity index (χ0v) is 15.6. The Hall–Kier alpha value is -3.62. The van der Waals surface area contributed by atoms with Crippen LogP contribution in [-0.2, 0) is 14.4 Å². The molecule has 9 nitrogen and oxygen atoms in total. The summed E-state index contributed by atoms with van der Waals surface area (Å²) >= 11 is 0. The number of ether oxygens (including phenoxy) is 2. The molecular formula is C20H20N4O5. The highest BCUT2D eigenvalue weighted by atomic mass is 16.7. The van der Waals surface area contributed by atoms with Crippen LogP contribution in [0.15, 0.2) is 42.7 Å². The molecule has 1 saturated heterocycles. The molecule has 1 unspecified atom stereocenters. The third-order valence-electron chi connectivity index (χ3n) is 4.76. The lowest BCUT2D eigenvalue weighted by Crippen LogP contribution is -2.34. The number of hydrogen-bond donors (Lipinski definition) is 2. The SMILES string of the molecule is O=C(CCNC(=O)C1CC(=O)N(c2ccc3c(c2)OCO3)C1)Nc1cccnc1. The van der Waals surface area contributed by atoms with E-state index >= 15 is 0 Å². The van der Waals surface area contributed by atoms with Gasteiger partial charge in [-0.2, -0.15) is 0 Å². The number of rotatable bonds is 6. The normalized spacial score (nSPS) is 17.3. The first-order valence-corrected chi connectivity index (χ1v) is 9.28. The Balaban J connectivity index is 1.26. The van der Waals surface area contributed by atoms with E-state index in [1.165, 1.54) is 0 Å². The predicted molar refractivity (Wildman–Crippen MR) is 104 cm³/mol. The molecule has 4 rings (SSSR count). The molecule has 1 aromatic heterocycles. The Morgan fingerprint density at radius 2 is 2.07 bits per heavy atom. The average molecular weight is 396 g/mol. The summed E-state index contributed by atoms with van der Waals surface area (Å²) in [5.74, 6) is 0.174. The fourth-order valence-corrected chi connectivity index (χ4v) is 3.29. The number of nitrogens with one attached hydrogen (secondary N) is 2. The highest BCUT2D eigenvalue weighted by molar-refractivity contribution is 6.00. The molecule has 2 aromatic rings. The van der Waals surface area contributed by atoms with Gasteiger partial charge in [0.05, 0.1) is 17.8 Å². The molecule has 0 aliphatic carbocycles. The molecule has 1 aromatic carbocycles. The van der Waals surface area contributed by atoms with Crippen molar-refractivity contribution in [1.29, 1.82) is 0 Å². The first kappa shape index (κ1) is 18.7. The first-order valence-electron chi connectivity index (χ1n) is 9.28. The minimum Gasteiger partial charge on any atom is -0.454 e. The summed E-state index contributed by atoms with van der Waals surface area (Å²) in [6, 6.07) is 8.72. The first-order chi connectivity index (χ1) is 14.1. The second-order valence-electron chi connectivity index (χ2n) is 6.77. The molecule has 2 N–H and O–H groups in total. The Morgan fingerprint density at radius 3 is 2.90 bits per heavy atom. The average Bonchev–Trinajstić information content (AvgIpc) is 3.34. The number of aromatic nitrogens is 1. The predicted octanol–water partition coefficient (Wildman–Crippen LogP) is 1.31. The maximum absolute atomic E-state index is 12.4. The molecule has 0 radical (unpaired) electrons. The van der Waals surface area contributed by atoms with E-state index in [4.69, 9.17) is 9.47 Å². The summed E-state index contributed by atoms with van der Waals surface area (Å²) in [7, 11) is 0. The fourth-order valence-electron chi connectivity index (χ4n) is 3.29. The van der Waals surface area contributed by atoms with Crippen molar-refractivity contribution in [2.24, 2.45) is 5.92 Å². The number of pyridine rings is 1. The van der Waals surface area contributed by atoms with Gasteiger partial charge in [-0.25, -0.2) is 0 Å². The topological polar surface area (TPSA) is 110 Å². The van der Waals surface area contributed by atoms with Crippen molar-refractivity contribution in [1.82, 2.24) is 10.3 Å². The fraction of sp³-hybridized carbons (Fsp3) is 0.300. The molecule has 150 valence electrons. The van der Waals surface area contributed by atoms with Crippen molar-refractivity contribution >= 4 is 29.1 Å². The van der Waals surface area contributed by atoms with E-state index in [1.54, 1.807) is 47.6 Å². The van der Waals surface area contributed by atoms with Crippen LogP contribution in [0.25, 0.3) is 0 Å². The maximum atomic E-state index is 12.4. The standard InChI is InChI=1S/C20H20N4O5/c25-18(23-14-2-1-6-21-10-14)5-7-22-20(27)13-8-19(26)24(11-13)15-3-4-16-17(9-15)29-12-28-16/h1-4,6,9-10,13H,5,7-8,11-12H2,(H,22,27)(H,23,25). The van der Waals surface area contributed by atoms with E-state index < -0.39 is 5.92 Å². The smallest absolute Gasteiger partial charge is 0.231 e. The molecule has 29 heavy (non-hydrogen) atoms. The van der Waals surface area contributed by atoms with Gasteiger partial charge >= 0.3 is 0 Å². The molecule has 0 saturated carbocycles. The van der Waals surface area contributed by atoms with E-state index in [9.17, 15) is 14.4 Å². The third kappa shape index (κ3) is 4.29. The Labute approximate surface area is 167 Å². The highest BCUT2D eigenvalue weighted by Crippen LogP contribution is 2.37. The van der Waals surface area contributed by atoms with Gasteiger partial charge in [-0.15, -0.1) is 0 Å². The summed E-state index contributed by atoms with van der Waals surface area (Å²) < 4.78 is 10.6. The van der Waals surface area contributed by atoms with Crippen molar-refractivity contribution in [3.8, 4) is 11.5 Å². The number of amides is 3. The minimum atomic E-state index is -0.464. The van der Waals surface area contributed by atoms with Crippen LogP contribution in [0.5, 0.6) is 11.5 Å². The van der Waals surface area contributed by atoms with Gasteiger partial charge in [-0.1, -0.05) is 0 Å². The lowest BCUT2D eigenvalue weighted by atomic mass is 10.1. The Kier molecular flexibility index (Phi) is 5.28. The van der Waals surface area contributed by atoms with E-state index in [2.05, 4.69) is 15.6 Å². The molecule has 3 heterocycles. The van der Waals surface area contributed by atoms with Crippen LogP contribution in [0, 0.1) is 5.92 Å². The van der Waals surface area contributed by atoms with Gasteiger partial charge in [0.15, 0.2) is 11.5 Å². The zero-order chi connectivity index (χ0) is 20.2. The van der Waals surface area contributed by atoms with E-state index in [1.807, 2.05) is 0 Å². The summed E-state index contributed by atoms with van der Waals surface area (Å²) in [5, 5.41) is 5.44. The van der Waals surface area contributed by atoms with Crippen LogP contribution >= 0.6 is 0 Å². The summed E-state index contributed by atoms with van der Waals surface area (Å²) in [4.78, 5) is 42.2. The van der Waals surface area contributed by atoms with Gasteiger partial charge in [0.25, 0.3) is 0 Å². The van der Waals surface area contributed by atoms with E-state index in [-0.39, 0.29) is 50.4 Å². The van der Waals surface area contributed by atoms with Gasteiger partial charge in [-0.3, -0.25) is 19.4 Å². The van der Waals surface area contributed by atoms with Crippen molar-refractivity contribution in [2.75, 3.05) is 30.1 Å². The van der Waals surface area contributed by atoms with Gasteiger partial charge < -0.3 is 25.0 Å². The highest BCUT2D eigenvalue weighted by Gasteiger charge is 2.35. The van der Waals surface area contributed by atoms with Crippen molar-refractivity contribution < 1.29 is 23.9 Å². The third-order valence-corrected chi connectivity index (χ3v) is 4.76. The number of carbonyl (C=O) groups is 3. The van der Waals surface area contributed by atoms with E-state index in [0.717, 1.165) is 0 Å². The van der Waals surface area contributed by atoms with Gasteiger partial charge in [0.2, 0.25) is 24.5 Å². The van der Waals surface area contributed by atoms with Crippen LogP contribution in [-0.4, -0.2) is 42.6 Å². The molecule has 2 aliphatic heterocycles. The van der Waals surface area contributed by atoms with Crippen molar-refractivity contribution in [3.63, 3.8) is 0 Å². The van der Waals surface area contributed by atoms with Crippen molar-refractivity contribution in [2.45, 2.75) is 12.8 Å². The van der Waals surface area contributed by atoms with Crippen LogP contribution in [0.4, 0.5) is 11.4 Å². The lowest BCUT2D eigenvalue weighted by molar-refractivity contribution is -0.126. The van der Waals surface area contributed by atoms with E-state index in [0.29, 0.717) is 22.9 Å². The molecule has 1 atom stereocenters. The van der Waals surface area contributed by atoms with Crippen LogP contribution in [0.1, 0.15) is 12.8 Å². The monoisotopic (exact) mass is 396 g/mol. The molecule has 0 bridgehead atoms. The molecule has 9 heteroatoms. The summed E-state index contributed by atoms with van der Waals surface area (Å²) in [6.07, 6.45) is 3.42. The largest absolute Gasteiger partial charge is 0.454 e.